The highest BCUT2D eigenvalue weighted by atomic mass is 16.3. The van der Waals surface area contributed by atoms with Gasteiger partial charge in [0.15, 0.2) is 0 Å². The van der Waals surface area contributed by atoms with Crippen LogP contribution in [0.25, 0.3) is 6.08 Å². The Kier molecular flexibility index (Phi) is 3.82. The van der Waals surface area contributed by atoms with Crippen LogP contribution in [0.3, 0.4) is 0 Å². The van der Waals surface area contributed by atoms with Crippen molar-refractivity contribution in [1.29, 1.82) is 0 Å². The van der Waals surface area contributed by atoms with Crippen molar-refractivity contribution >= 4 is 12.0 Å². The number of likely N-dealkylation sites (tertiary alicyclic amines) is 1. The fourth-order valence-electron chi connectivity index (χ4n) is 2.28. The van der Waals surface area contributed by atoms with Gasteiger partial charge in [0.25, 0.3) is 0 Å². The summed E-state index contributed by atoms with van der Waals surface area (Å²) >= 11 is 0. The van der Waals surface area contributed by atoms with Crippen molar-refractivity contribution < 1.29 is 9.90 Å². The molecule has 0 aliphatic carbocycles. The molecule has 1 saturated heterocycles. The topological polar surface area (TPSA) is 40.5 Å². The lowest BCUT2D eigenvalue weighted by Crippen LogP contribution is -2.63. The number of carbonyl (C=O) groups is 1. The Morgan fingerprint density at radius 2 is 2.06 bits per heavy atom. The van der Waals surface area contributed by atoms with Crippen molar-refractivity contribution in [2.24, 2.45) is 0 Å². The molecule has 0 bridgehead atoms. The second-order valence-corrected chi connectivity index (χ2v) is 4.91. The molecular weight excluding hydrogens is 226 g/mol. The molecule has 0 aromatic heterocycles. The quantitative estimate of drug-likeness (QED) is 0.825. The van der Waals surface area contributed by atoms with Crippen molar-refractivity contribution in [3.63, 3.8) is 0 Å². The highest BCUT2D eigenvalue weighted by Gasteiger charge is 2.41. The van der Waals surface area contributed by atoms with E-state index in [-0.39, 0.29) is 5.91 Å². The number of carbonyl (C=O) groups excluding carboxylic acids is 1. The summed E-state index contributed by atoms with van der Waals surface area (Å²) in [5.74, 6) is -0.0281. The van der Waals surface area contributed by atoms with Crippen LogP contribution >= 0.6 is 0 Å². The molecule has 1 aliphatic rings. The van der Waals surface area contributed by atoms with E-state index in [1.165, 1.54) is 0 Å². The first-order valence-corrected chi connectivity index (χ1v) is 6.37. The minimum atomic E-state index is -0.648. The zero-order valence-electron chi connectivity index (χ0n) is 10.7. The van der Waals surface area contributed by atoms with E-state index in [4.69, 9.17) is 0 Å². The van der Waals surface area contributed by atoms with E-state index in [1.807, 2.05) is 37.3 Å². The first-order chi connectivity index (χ1) is 8.63. The summed E-state index contributed by atoms with van der Waals surface area (Å²) in [4.78, 5) is 13.5. The fraction of sp³-hybridized carbons (Fsp3) is 0.400. The normalized spacial score (nSPS) is 17.8. The van der Waals surface area contributed by atoms with Crippen molar-refractivity contribution in [1.82, 2.24) is 4.90 Å². The van der Waals surface area contributed by atoms with Crippen LogP contribution in [0.15, 0.2) is 36.4 Å². The first kappa shape index (κ1) is 12.8. The molecule has 0 atom stereocenters. The molecule has 96 valence electrons. The van der Waals surface area contributed by atoms with E-state index in [0.717, 1.165) is 18.4 Å². The minimum absolute atomic E-state index is 0.0281. The number of aliphatic hydroxyl groups is 1. The van der Waals surface area contributed by atoms with Crippen LogP contribution in [0.4, 0.5) is 0 Å². The molecule has 1 N–H and O–H groups in total. The fourth-order valence-corrected chi connectivity index (χ4v) is 2.28. The molecular formula is C15H19NO2. The maximum atomic E-state index is 11.8. The summed E-state index contributed by atoms with van der Waals surface area (Å²) in [7, 11) is 0. The Hall–Kier alpha value is -1.61. The molecule has 3 nitrogen and oxygen atoms in total. The number of hydrogen-bond acceptors (Lipinski definition) is 2. The van der Waals surface area contributed by atoms with Crippen LogP contribution in [-0.2, 0) is 4.79 Å². The van der Waals surface area contributed by atoms with Crippen LogP contribution < -0.4 is 0 Å². The molecule has 0 radical (unpaired) electrons. The second kappa shape index (κ2) is 5.36. The predicted molar refractivity (Wildman–Crippen MR) is 71.9 cm³/mol. The monoisotopic (exact) mass is 245 g/mol. The molecule has 0 unspecified atom stereocenters. The van der Waals surface area contributed by atoms with Gasteiger partial charge in [0.1, 0.15) is 0 Å². The molecule has 18 heavy (non-hydrogen) atoms. The SMILES string of the molecule is CCCC1(O)CN(C(=O)C=Cc2ccccc2)C1. The van der Waals surface area contributed by atoms with Crippen molar-refractivity contribution in [3.8, 4) is 0 Å². The van der Waals surface area contributed by atoms with Crippen LogP contribution in [0, 0.1) is 0 Å². The van der Waals surface area contributed by atoms with Crippen molar-refractivity contribution in [2.45, 2.75) is 25.4 Å². The third-order valence-electron chi connectivity index (χ3n) is 3.22. The number of β-amino-alcohol motifs (C(OH)–C–C–N with tert-alkyl or cyclic N) is 1. The zero-order chi connectivity index (χ0) is 13.0. The summed E-state index contributed by atoms with van der Waals surface area (Å²) in [5.41, 5.74) is 0.362. The second-order valence-electron chi connectivity index (χ2n) is 4.91. The van der Waals surface area contributed by atoms with Gasteiger partial charge in [0.2, 0.25) is 5.91 Å². The van der Waals surface area contributed by atoms with E-state index in [2.05, 4.69) is 0 Å². The molecule has 1 heterocycles. The third kappa shape index (κ3) is 2.99. The first-order valence-electron chi connectivity index (χ1n) is 6.37. The number of benzene rings is 1. The molecule has 2 rings (SSSR count). The van der Waals surface area contributed by atoms with E-state index in [1.54, 1.807) is 17.1 Å². The Bertz CT molecular complexity index is 433. The number of amides is 1. The van der Waals surface area contributed by atoms with Gasteiger partial charge in [-0.15, -0.1) is 0 Å². The highest BCUT2D eigenvalue weighted by Crippen LogP contribution is 2.25. The van der Waals surface area contributed by atoms with Crippen LogP contribution in [0.1, 0.15) is 25.3 Å². The number of nitrogens with zero attached hydrogens (tertiary/aromatic N) is 1. The predicted octanol–water partition coefficient (Wildman–Crippen LogP) is 2.07. The summed E-state index contributed by atoms with van der Waals surface area (Å²) < 4.78 is 0. The summed E-state index contributed by atoms with van der Waals surface area (Å²) in [6.45, 7) is 2.95. The van der Waals surface area contributed by atoms with E-state index in [0.29, 0.717) is 13.1 Å². The van der Waals surface area contributed by atoms with Crippen LogP contribution in [0.5, 0.6) is 0 Å². The maximum Gasteiger partial charge on any atom is 0.246 e. The molecule has 3 heteroatoms. The Morgan fingerprint density at radius 1 is 1.39 bits per heavy atom. The van der Waals surface area contributed by atoms with Gasteiger partial charge in [-0.2, -0.15) is 0 Å². The molecule has 0 saturated carbocycles. The molecule has 1 aromatic rings. The highest BCUT2D eigenvalue weighted by molar-refractivity contribution is 5.92. The van der Waals surface area contributed by atoms with Gasteiger partial charge in [0.05, 0.1) is 18.7 Å². The Balaban J connectivity index is 1.86. The van der Waals surface area contributed by atoms with Gasteiger partial charge in [0, 0.05) is 6.08 Å². The lowest BCUT2D eigenvalue weighted by atomic mass is 9.89. The molecule has 0 spiro atoms. The zero-order valence-corrected chi connectivity index (χ0v) is 10.7. The summed E-state index contributed by atoms with van der Waals surface area (Å²) in [6, 6.07) is 9.72. The standard InChI is InChI=1S/C15H19NO2/c1-2-10-15(18)11-16(12-15)14(17)9-8-13-6-4-3-5-7-13/h3-9,18H,2,10-12H2,1H3. The van der Waals surface area contributed by atoms with Crippen molar-refractivity contribution in [2.75, 3.05) is 13.1 Å². The average Bonchev–Trinajstić information content (AvgIpc) is 2.34. The smallest absolute Gasteiger partial charge is 0.246 e. The van der Waals surface area contributed by atoms with Gasteiger partial charge >= 0.3 is 0 Å². The van der Waals surface area contributed by atoms with Gasteiger partial charge < -0.3 is 10.0 Å². The van der Waals surface area contributed by atoms with Crippen LogP contribution in [-0.4, -0.2) is 34.6 Å². The van der Waals surface area contributed by atoms with Gasteiger partial charge in [-0.05, 0) is 18.1 Å². The van der Waals surface area contributed by atoms with Gasteiger partial charge in [-0.1, -0.05) is 43.7 Å². The lowest BCUT2D eigenvalue weighted by molar-refractivity contribution is -0.151. The number of hydrogen-bond donors (Lipinski definition) is 1. The Labute approximate surface area is 108 Å². The summed E-state index contributed by atoms with van der Waals surface area (Å²) in [6.07, 6.45) is 5.08. The molecule has 1 fully saturated rings. The average molecular weight is 245 g/mol. The molecule has 1 aromatic carbocycles. The van der Waals surface area contributed by atoms with Crippen LogP contribution in [0.2, 0.25) is 0 Å². The van der Waals surface area contributed by atoms with Gasteiger partial charge in [-0.25, -0.2) is 0 Å². The van der Waals surface area contributed by atoms with Crippen molar-refractivity contribution in [3.05, 3.63) is 42.0 Å². The maximum absolute atomic E-state index is 11.8. The Morgan fingerprint density at radius 3 is 2.67 bits per heavy atom. The third-order valence-corrected chi connectivity index (χ3v) is 3.22. The number of rotatable bonds is 4. The largest absolute Gasteiger partial charge is 0.386 e. The van der Waals surface area contributed by atoms with Gasteiger partial charge in [-0.3, -0.25) is 4.79 Å². The molecule has 1 aliphatic heterocycles. The lowest BCUT2D eigenvalue weighted by Gasteiger charge is -2.46. The van der Waals surface area contributed by atoms with E-state index < -0.39 is 5.60 Å². The molecule has 1 amide bonds. The minimum Gasteiger partial charge on any atom is -0.386 e. The van der Waals surface area contributed by atoms with E-state index >= 15 is 0 Å². The summed E-state index contributed by atoms with van der Waals surface area (Å²) in [5, 5.41) is 10.00. The van der Waals surface area contributed by atoms with E-state index in [9.17, 15) is 9.90 Å².